The highest BCUT2D eigenvalue weighted by Crippen LogP contribution is 2.15. The Kier molecular flexibility index (Phi) is 2.16. The third-order valence-corrected chi connectivity index (χ3v) is 2.21. The first-order valence-corrected chi connectivity index (χ1v) is 4.33. The Morgan fingerprint density at radius 2 is 2.54 bits per heavy atom. The SMILES string of the molecule is Cn1cncc1C1=CC(O)CNC1. The fourth-order valence-corrected chi connectivity index (χ4v) is 1.55. The van der Waals surface area contributed by atoms with Gasteiger partial charge in [0.2, 0.25) is 0 Å². The number of aryl methyl sites for hydroxylation is 1. The Hall–Kier alpha value is -1.13. The first-order chi connectivity index (χ1) is 6.27. The van der Waals surface area contributed by atoms with Gasteiger partial charge in [0.15, 0.2) is 0 Å². The van der Waals surface area contributed by atoms with Crippen LogP contribution in [0.25, 0.3) is 5.57 Å². The Morgan fingerprint density at radius 3 is 3.15 bits per heavy atom. The monoisotopic (exact) mass is 179 g/mol. The summed E-state index contributed by atoms with van der Waals surface area (Å²) in [5.41, 5.74) is 2.17. The molecule has 13 heavy (non-hydrogen) atoms. The first-order valence-electron chi connectivity index (χ1n) is 4.33. The third-order valence-electron chi connectivity index (χ3n) is 2.21. The molecule has 4 heteroatoms. The second-order valence-electron chi connectivity index (χ2n) is 3.28. The van der Waals surface area contributed by atoms with Crippen molar-refractivity contribution < 1.29 is 5.11 Å². The second-order valence-corrected chi connectivity index (χ2v) is 3.28. The summed E-state index contributed by atoms with van der Waals surface area (Å²) in [7, 11) is 1.95. The van der Waals surface area contributed by atoms with Gasteiger partial charge in [0.1, 0.15) is 0 Å². The molecule has 0 aliphatic carbocycles. The fourth-order valence-electron chi connectivity index (χ4n) is 1.55. The average Bonchev–Trinajstić information content (AvgIpc) is 2.51. The van der Waals surface area contributed by atoms with Crippen molar-refractivity contribution in [2.24, 2.45) is 7.05 Å². The van der Waals surface area contributed by atoms with Crippen molar-refractivity contribution in [3.63, 3.8) is 0 Å². The van der Waals surface area contributed by atoms with E-state index in [0.717, 1.165) is 17.8 Å². The molecule has 70 valence electrons. The normalized spacial score (nSPS) is 22.9. The maximum Gasteiger partial charge on any atom is 0.0948 e. The summed E-state index contributed by atoms with van der Waals surface area (Å²) in [6, 6.07) is 0. The Morgan fingerprint density at radius 1 is 1.69 bits per heavy atom. The van der Waals surface area contributed by atoms with Gasteiger partial charge in [-0.25, -0.2) is 4.98 Å². The molecule has 0 radical (unpaired) electrons. The molecule has 1 atom stereocenters. The van der Waals surface area contributed by atoms with Gasteiger partial charge < -0.3 is 15.0 Å². The summed E-state index contributed by atoms with van der Waals surface area (Å²) in [6.45, 7) is 1.44. The molecule has 2 N–H and O–H groups in total. The van der Waals surface area contributed by atoms with Crippen LogP contribution >= 0.6 is 0 Å². The minimum atomic E-state index is -0.376. The molecule has 0 saturated carbocycles. The fraction of sp³-hybridized carbons (Fsp3) is 0.444. The summed E-state index contributed by atoms with van der Waals surface area (Å²) in [5.74, 6) is 0. The van der Waals surface area contributed by atoms with Crippen LogP contribution in [0.15, 0.2) is 18.6 Å². The topological polar surface area (TPSA) is 50.1 Å². The van der Waals surface area contributed by atoms with E-state index in [0.29, 0.717) is 6.54 Å². The van der Waals surface area contributed by atoms with E-state index in [1.54, 1.807) is 6.33 Å². The second kappa shape index (κ2) is 3.32. The highest BCUT2D eigenvalue weighted by atomic mass is 16.3. The van der Waals surface area contributed by atoms with E-state index >= 15 is 0 Å². The van der Waals surface area contributed by atoms with Gasteiger partial charge in [0.25, 0.3) is 0 Å². The molecule has 0 fully saturated rings. The zero-order chi connectivity index (χ0) is 9.26. The highest BCUT2D eigenvalue weighted by molar-refractivity contribution is 5.65. The molecule has 0 bridgehead atoms. The number of β-amino-alcohol motifs (C(OH)–C–C–N with tert-alkyl or cyclic N) is 1. The maximum atomic E-state index is 9.40. The van der Waals surface area contributed by atoms with Crippen molar-refractivity contribution in [1.82, 2.24) is 14.9 Å². The lowest BCUT2D eigenvalue weighted by Crippen LogP contribution is -2.32. The van der Waals surface area contributed by atoms with E-state index in [9.17, 15) is 5.11 Å². The molecule has 0 saturated heterocycles. The Balaban J connectivity index is 2.30. The molecule has 4 nitrogen and oxygen atoms in total. The van der Waals surface area contributed by atoms with E-state index in [2.05, 4.69) is 10.3 Å². The molecule has 2 rings (SSSR count). The molecule has 1 aliphatic rings. The maximum absolute atomic E-state index is 9.40. The number of nitrogens with one attached hydrogen (secondary N) is 1. The van der Waals surface area contributed by atoms with E-state index in [1.165, 1.54) is 0 Å². The van der Waals surface area contributed by atoms with Crippen LogP contribution in [0.2, 0.25) is 0 Å². The lowest BCUT2D eigenvalue weighted by atomic mass is 10.1. The van der Waals surface area contributed by atoms with Crippen molar-refractivity contribution in [3.8, 4) is 0 Å². The van der Waals surface area contributed by atoms with Gasteiger partial charge in [0, 0.05) is 20.1 Å². The van der Waals surface area contributed by atoms with Gasteiger partial charge in [-0.2, -0.15) is 0 Å². The zero-order valence-electron chi connectivity index (χ0n) is 7.57. The van der Waals surface area contributed by atoms with Crippen molar-refractivity contribution in [1.29, 1.82) is 0 Å². The van der Waals surface area contributed by atoms with Gasteiger partial charge >= 0.3 is 0 Å². The summed E-state index contributed by atoms with van der Waals surface area (Å²) in [5, 5.41) is 12.5. The summed E-state index contributed by atoms with van der Waals surface area (Å²) in [4.78, 5) is 4.03. The number of imidazole rings is 1. The summed E-state index contributed by atoms with van der Waals surface area (Å²) < 4.78 is 1.95. The molecule has 1 aliphatic heterocycles. The van der Waals surface area contributed by atoms with E-state index in [4.69, 9.17) is 0 Å². The minimum Gasteiger partial charge on any atom is -0.388 e. The summed E-state index contributed by atoms with van der Waals surface area (Å²) in [6.07, 6.45) is 5.08. The number of nitrogens with zero attached hydrogens (tertiary/aromatic N) is 2. The van der Waals surface area contributed by atoms with Crippen LogP contribution < -0.4 is 5.32 Å². The first kappa shape index (κ1) is 8.47. The van der Waals surface area contributed by atoms with Gasteiger partial charge in [-0.15, -0.1) is 0 Å². The molecule has 2 heterocycles. The Labute approximate surface area is 76.9 Å². The average molecular weight is 179 g/mol. The lowest BCUT2D eigenvalue weighted by Gasteiger charge is -2.18. The quantitative estimate of drug-likeness (QED) is 0.626. The van der Waals surface area contributed by atoms with E-state index in [1.807, 2.05) is 23.9 Å². The molecule has 0 amide bonds. The largest absolute Gasteiger partial charge is 0.388 e. The number of hydrogen-bond donors (Lipinski definition) is 2. The van der Waals surface area contributed by atoms with Crippen molar-refractivity contribution >= 4 is 5.57 Å². The highest BCUT2D eigenvalue weighted by Gasteiger charge is 2.13. The van der Waals surface area contributed by atoms with Gasteiger partial charge in [0.05, 0.1) is 24.3 Å². The third kappa shape index (κ3) is 1.64. The molecule has 1 aromatic heterocycles. The van der Waals surface area contributed by atoms with E-state index < -0.39 is 0 Å². The number of rotatable bonds is 1. The summed E-state index contributed by atoms with van der Waals surface area (Å²) >= 11 is 0. The van der Waals surface area contributed by atoms with Crippen molar-refractivity contribution in [3.05, 3.63) is 24.3 Å². The van der Waals surface area contributed by atoms with Crippen LogP contribution in [0.1, 0.15) is 5.69 Å². The predicted octanol–water partition coefficient (Wildman–Crippen LogP) is -0.232. The lowest BCUT2D eigenvalue weighted by molar-refractivity contribution is 0.217. The van der Waals surface area contributed by atoms with Gasteiger partial charge in [-0.1, -0.05) is 0 Å². The van der Waals surface area contributed by atoms with Crippen molar-refractivity contribution in [2.45, 2.75) is 6.10 Å². The molecular weight excluding hydrogens is 166 g/mol. The van der Waals surface area contributed by atoms with Crippen LogP contribution in [-0.4, -0.2) is 33.9 Å². The predicted molar refractivity (Wildman–Crippen MR) is 50.1 cm³/mol. The molecule has 1 aromatic rings. The van der Waals surface area contributed by atoms with Crippen LogP contribution in [0.5, 0.6) is 0 Å². The van der Waals surface area contributed by atoms with E-state index in [-0.39, 0.29) is 6.10 Å². The molecular formula is C9H13N3O. The standard InChI is InChI=1S/C9H13N3O/c1-12-6-11-5-9(12)7-2-8(13)4-10-3-7/h2,5-6,8,10,13H,3-4H2,1H3. The molecule has 1 unspecified atom stereocenters. The van der Waals surface area contributed by atoms with Crippen LogP contribution in [0, 0.1) is 0 Å². The van der Waals surface area contributed by atoms with Crippen LogP contribution in [-0.2, 0) is 7.05 Å². The number of aliphatic hydroxyl groups is 1. The molecule has 0 spiro atoms. The number of aromatic nitrogens is 2. The minimum absolute atomic E-state index is 0.376. The van der Waals surface area contributed by atoms with Gasteiger partial charge in [-0.3, -0.25) is 0 Å². The smallest absolute Gasteiger partial charge is 0.0948 e. The zero-order valence-corrected chi connectivity index (χ0v) is 7.57. The van der Waals surface area contributed by atoms with Crippen molar-refractivity contribution in [2.75, 3.05) is 13.1 Å². The van der Waals surface area contributed by atoms with Crippen LogP contribution in [0.3, 0.4) is 0 Å². The van der Waals surface area contributed by atoms with Gasteiger partial charge in [-0.05, 0) is 11.6 Å². The number of aliphatic hydroxyl groups excluding tert-OH is 1. The number of hydrogen-bond acceptors (Lipinski definition) is 3. The Bertz CT molecular complexity index is 329. The van der Waals surface area contributed by atoms with Crippen LogP contribution in [0.4, 0.5) is 0 Å². The molecule has 0 aromatic carbocycles.